The zero-order valence-electron chi connectivity index (χ0n) is 14.6. The zero-order chi connectivity index (χ0) is 18.8. The Morgan fingerprint density at radius 3 is 2.67 bits per heavy atom. The Kier molecular flexibility index (Phi) is 4.25. The molecule has 0 spiro atoms. The first-order valence-electron chi connectivity index (χ1n) is 8.52. The minimum Gasteiger partial charge on any atom is -0.363 e. The summed E-state index contributed by atoms with van der Waals surface area (Å²) in [5, 5.41) is 15.3. The number of fused-ring (bicyclic) bond motifs is 1. The highest BCUT2D eigenvalue weighted by Gasteiger charge is 2.14. The van der Waals surface area contributed by atoms with Gasteiger partial charge >= 0.3 is 0 Å². The summed E-state index contributed by atoms with van der Waals surface area (Å²) < 4.78 is 0. The molecule has 1 unspecified atom stereocenters. The Morgan fingerprint density at radius 1 is 1.07 bits per heavy atom. The van der Waals surface area contributed by atoms with Crippen LogP contribution < -0.4 is 5.32 Å². The zero-order valence-corrected chi connectivity index (χ0v) is 14.6. The second kappa shape index (κ2) is 6.87. The third-order valence-electron chi connectivity index (χ3n) is 4.45. The largest absolute Gasteiger partial charge is 0.363 e. The van der Waals surface area contributed by atoms with E-state index >= 15 is 0 Å². The molecule has 0 fully saturated rings. The number of nitrogens with one attached hydrogen (secondary N) is 2. The molecule has 2 heterocycles. The van der Waals surface area contributed by atoms with E-state index in [0.717, 1.165) is 22.2 Å². The summed E-state index contributed by atoms with van der Waals surface area (Å²) in [5.74, 6) is 0.712. The Bertz CT molecular complexity index is 1110. The highest BCUT2D eigenvalue weighted by molar-refractivity contribution is 5.91. The first-order valence-corrected chi connectivity index (χ1v) is 8.52. The summed E-state index contributed by atoms with van der Waals surface area (Å²) in [4.78, 5) is 22.5. The topological polar surface area (TPSA) is 96.7 Å². The van der Waals surface area contributed by atoms with Gasteiger partial charge in [-0.25, -0.2) is 9.97 Å². The lowest BCUT2D eigenvalue weighted by Gasteiger charge is -2.15. The fourth-order valence-corrected chi connectivity index (χ4v) is 3.03. The lowest BCUT2D eigenvalue weighted by Crippen LogP contribution is -2.08. The molecule has 1 atom stereocenters. The number of H-pyrrole nitrogens is 1. The standard InChI is InChI=1S/C20H17N5O2/c1-13(14-6-3-2-4-7-14)23-19-17-11-18(24-20(17)22-12-21-19)15-8-5-9-16(10-15)25(26)27/h2-13H,1H3,(H2,21,22,23,24). The van der Waals surface area contributed by atoms with Gasteiger partial charge in [0.05, 0.1) is 10.3 Å². The van der Waals surface area contributed by atoms with Crippen molar-refractivity contribution >= 4 is 22.5 Å². The van der Waals surface area contributed by atoms with E-state index in [1.807, 2.05) is 30.3 Å². The maximum atomic E-state index is 11.0. The fourth-order valence-electron chi connectivity index (χ4n) is 3.03. The van der Waals surface area contributed by atoms with Crippen LogP contribution in [0.15, 0.2) is 67.0 Å². The van der Waals surface area contributed by atoms with Crippen molar-refractivity contribution < 1.29 is 4.92 Å². The van der Waals surface area contributed by atoms with Crippen LogP contribution >= 0.6 is 0 Å². The molecule has 2 aromatic heterocycles. The van der Waals surface area contributed by atoms with Crippen LogP contribution in [0.4, 0.5) is 11.5 Å². The van der Waals surface area contributed by atoms with Crippen LogP contribution in [0.3, 0.4) is 0 Å². The van der Waals surface area contributed by atoms with E-state index in [-0.39, 0.29) is 11.7 Å². The summed E-state index contributed by atoms with van der Waals surface area (Å²) in [7, 11) is 0. The molecule has 2 aromatic carbocycles. The highest BCUT2D eigenvalue weighted by Crippen LogP contribution is 2.30. The molecular weight excluding hydrogens is 342 g/mol. The Balaban J connectivity index is 1.70. The number of hydrogen-bond acceptors (Lipinski definition) is 5. The lowest BCUT2D eigenvalue weighted by molar-refractivity contribution is -0.384. The van der Waals surface area contributed by atoms with Gasteiger partial charge in [0, 0.05) is 29.4 Å². The molecule has 0 bridgehead atoms. The van der Waals surface area contributed by atoms with E-state index in [4.69, 9.17) is 0 Å². The molecule has 134 valence electrons. The lowest BCUT2D eigenvalue weighted by atomic mass is 10.1. The molecule has 0 aliphatic carbocycles. The van der Waals surface area contributed by atoms with Crippen molar-refractivity contribution in [3.8, 4) is 11.3 Å². The number of nitro groups is 1. The van der Waals surface area contributed by atoms with E-state index in [0.29, 0.717) is 11.5 Å². The van der Waals surface area contributed by atoms with Gasteiger partial charge in [0.2, 0.25) is 0 Å². The van der Waals surface area contributed by atoms with E-state index < -0.39 is 4.92 Å². The molecule has 4 aromatic rings. The Morgan fingerprint density at radius 2 is 1.89 bits per heavy atom. The van der Waals surface area contributed by atoms with Gasteiger partial charge in [0.1, 0.15) is 17.8 Å². The van der Waals surface area contributed by atoms with Crippen molar-refractivity contribution in [2.24, 2.45) is 0 Å². The van der Waals surface area contributed by atoms with Crippen LogP contribution in [0.2, 0.25) is 0 Å². The van der Waals surface area contributed by atoms with E-state index in [1.54, 1.807) is 6.07 Å². The maximum Gasteiger partial charge on any atom is 0.270 e. The average molecular weight is 359 g/mol. The molecule has 7 heteroatoms. The number of nitrogens with zero attached hydrogens (tertiary/aromatic N) is 3. The molecule has 4 rings (SSSR count). The van der Waals surface area contributed by atoms with Gasteiger partial charge in [-0.05, 0) is 18.6 Å². The molecular formula is C20H17N5O2. The summed E-state index contributed by atoms with van der Waals surface area (Å²) >= 11 is 0. The summed E-state index contributed by atoms with van der Waals surface area (Å²) in [6.45, 7) is 2.07. The van der Waals surface area contributed by atoms with Gasteiger partial charge in [-0.2, -0.15) is 0 Å². The van der Waals surface area contributed by atoms with Crippen LogP contribution in [0.5, 0.6) is 0 Å². The molecule has 0 aliphatic heterocycles. The number of rotatable bonds is 5. The van der Waals surface area contributed by atoms with Crippen LogP contribution in [-0.4, -0.2) is 19.9 Å². The Hall–Kier alpha value is -3.74. The van der Waals surface area contributed by atoms with Crippen molar-refractivity contribution in [2.75, 3.05) is 5.32 Å². The summed E-state index contributed by atoms with van der Waals surface area (Å²) in [5.41, 5.74) is 3.36. The smallest absolute Gasteiger partial charge is 0.270 e. The third-order valence-corrected chi connectivity index (χ3v) is 4.45. The molecule has 2 N–H and O–H groups in total. The number of aromatic amines is 1. The van der Waals surface area contributed by atoms with Crippen molar-refractivity contribution in [1.82, 2.24) is 15.0 Å². The van der Waals surface area contributed by atoms with Crippen molar-refractivity contribution in [2.45, 2.75) is 13.0 Å². The number of hydrogen-bond donors (Lipinski definition) is 2. The molecule has 0 saturated heterocycles. The van der Waals surface area contributed by atoms with E-state index in [9.17, 15) is 10.1 Å². The van der Waals surface area contributed by atoms with Crippen molar-refractivity contribution in [3.63, 3.8) is 0 Å². The predicted octanol–water partition coefficient (Wildman–Crippen LogP) is 4.71. The van der Waals surface area contributed by atoms with Gasteiger partial charge in [-0.1, -0.05) is 42.5 Å². The number of anilines is 1. The van der Waals surface area contributed by atoms with Gasteiger partial charge in [-0.15, -0.1) is 0 Å². The van der Waals surface area contributed by atoms with Crippen LogP contribution in [-0.2, 0) is 0 Å². The second-order valence-electron chi connectivity index (χ2n) is 6.25. The molecule has 0 amide bonds. The monoisotopic (exact) mass is 359 g/mol. The van der Waals surface area contributed by atoms with Crippen molar-refractivity contribution in [3.05, 3.63) is 82.7 Å². The molecule has 27 heavy (non-hydrogen) atoms. The molecule has 0 radical (unpaired) electrons. The summed E-state index contributed by atoms with van der Waals surface area (Å²) in [6, 6.07) is 18.6. The minimum atomic E-state index is -0.402. The quantitative estimate of drug-likeness (QED) is 0.397. The SMILES string of the molecule is CC(Nc1ncnc2[nH]c(-c3cccc([N+](=O)[O-])c3)cc12)c1ccccc1. The Labute approximate surface area is 155 Å². The van der Waals surface area contributed by atoms with Gasteiger partial charge in [0.15, 0.2) is 0 Å². The van der Waals surface area contributed by atoms with E-state index in [1.165, 1.54) is 18.5 Å². The summed E-state index contributed by atoms with van der Waals surface area (Å²) in [6.07, 6.45) is 1.50. The number of aromatic nitrogens is 3. The van der Waals surface area contributed by atoms with E-state index in [2.05, 4.69) is 39.3 Å². The molecule has 0 saturated carbocycles. The second-order valence-corrected chi connectivity index (χ2v) is 6.25. The predicted molar refractivity (Wildman–Crippen MR) is 104 cm³/mol. The first-order chi connectivity index (χ1) is 13.1. The number of nitro benzene ring substituents is 1. The van der Waals surface area contributed by atoms with Crippen LogP contribution in [0.25, 0.3) is 22.3 Å². The van der Waals surface area contributed by atoms with Crippen LogP contribution in [0.1, 0.15) is 18.5 Å². The van der Waals surface area contributed by atoms with Crippen LogP contribution in [0, 0.1) is 10.1 Å². The maximum absolute atomic E-state index is 11.0. The van der Waals surface area contributed by atoms with Crippen molar-refractivity contribution in [1.29, 1.82) is 0 Å². The van der Waals surface area contributed by atoms with Gasteiger partial charge in [0.25, 0.3) is 5.69 Å². The molecule has 0 aliphatic rings. The fraction of sp³-hybridized carbons (Fsp3) is 0.100. The number of benzene rings is 2. The normalized spacial score (nSPS) is 12.0. The first kappa shape index (κ1) is 16.7. The minimum absolute atomic E-state index is 0.0493. The highest BCUT2D eigenvalue weighted by atomic mass is 16.6. The number of non-ortho nitro benzene ring substituents is 1. The van der Waals surface area contributed by atoms with Gasteiger partial charge < -0.3 is 10.3 Å². The average Bonchev–Trinajstić information content (AvgIpc) is 3.14. The molecule has 7 nitrogen and oxygen atoms in total. The van der Waals surface area contributed by atoms with Gasteiger partial charge in [-0.3, -0.25) is 10.1 Å². The third kappa shape index (κ3) is 3.35.